The van der Waals surface area contributed by atoms with Gasteiger partial charge in [-0.25, -0.2) is 4.98 Å². The smallest absolute Gasteiger partial charge is 0.254 e. The van der Waals surface area contributed by atoms with Crippen molar-refractivity contribution in [1.29, 1.82) is 0 Å². The van der Waals surface area contributed by atoms with E-state index in [9.17, 15) is 4.79 Å². The number of anilines is 1. The Kier molecular flexibility index (Phi) is 5.01. The average molecular weight is 384 g/mol. The highest BCUT2D eigenvalue weighted by atomic mass is 35.5. The molecular weight excluding hydrogens is 362 g/mol. The number of hydrogen-bond acceptors (Lipinski definition) is 4. The van der Waals surface area contributed by atoms with Crippen molar-refractivity contribution >= 4 is 34.2 Å². The van der Waals surface area contributed by atoms with Gasteiger partial charge in [-0.05, 0) is 36.6 Å². The number of pyridine rings is 1. The largest absolute Gasteiger partial charge is 0.381 e. The lowest BCUT2D eigenvalue weighted by atomic mass is 9.86. The van der Waals surface area contributed by atoms with Crippen LogP contribution in [0.1, 0.15) is 28.8 Å². The predicted octanol–water partition coefficient (Wildman–Crippen LogP) is 3.31. The number of H-pyrrole nitrogens is 1. The van der Waals surface area contributed by atoms with Crippen LogP contribution < -0.4 is 16.0 Å². The number of nitrogens with zero attached hydrogens (tertiary/aromatic N) is 1. The second-order valence-corrected chi connectivity index (χ2v) is 7.32. The molecule has 0 atom stereocenters. The van der Waals surface area contributed by atoms with Crippen molar-refractivity contribution in [2.45, 2.75) is 31.5 Å². The molecule has 140 valence electrons. The van der Waals surface area contributed by atoms with E-state index in [1.165, 1.54) is 5.56 Å². The van der Waals surface area contributed by atoms with Crippen molar-refractivity contribution in [1.82, 2.24) is 20.6 Å². The Morgan fingerprint density at radius 3 is 2.93 bits per heavy atom. The standard InChI is InChI=1S/C20H22ClN5O/c1-22-20(27)17-11-25-19-16(5-6-23-19)18(17)26-15-8-14(9-15)24-10-12-3-2-4-13(21)7-12/h2-7,11,14-15,24H,8-10H2,1H3,(H,22,27)(H2,23,25,26). The zero-order valence-corrected chi connectivity index (χ0v) is 15.8. The summed E-state index contributed by atoms with van der Waals surface area (Å²) < 4.78 is 0. The zero-order chi connectivity index (χ0) is 18.8. The fourth-order valence-corrected chi connectivity index (χ4v) is 3.70. The molecule has 2 heterocycles. The highest BCUT2D eigenvalue weighted by Gasteiger charge is 2.30. The van der Waals surface area contributed by atoms with Crippen LogP contribution in [0.25, 0.3) is 11.0 Å². The molecule has 0 unspecified atom stereocenters. The van der Waals surface area contributed by atoms with Crippen molar-refractivity contribution in [3.8, 4) is 0 Å². The van der Waals surface area contributed by atoms with Gasteiger partial charge in [0.15, 0.2) is 0 Å². The molecule has 0 aliphatic heterocycles. The average Bonchev–Trinajstić information content (AvgIpc) is 3.12. The Morgan fingerprint density at radius 1 is 1.30 bits per heavy atom. The monoisotopic (exact) mass is 383 g/mol. The maximum atomic E-state index is 12.2. The highest BCUT2D eigenvalue weighted by Crippen LogP contribution is 2.31. The van der Waals surface area contributed by atoms with E-state index in [1.807, 2.05) is 30.5 Å². The lowest BCUT2D eigenvalue weighted by Crippen LogP contribution is -2.47. The summed E-state index contributed by atoms with van der Waals surface area (Å²) in [5, 5.41) is 11.5. The van der Waals surface area contributed by atoms with Crippen LogP contribution in [0.3, 0.4) is 0 Å². The van der Waals surface area contributed by atoms with Gasteiger partial charge in [-0.3, -0.25) is 4.79 Å². The van der Waals surface area contributed by atoms with Crippen LogP contribution in [0.4, 0.5) is 5.69 Å². The maximum Gasteiger partial charge on any atom is 0.254 e. The van der Waals surface area contributed by atoms with Crippen molar-refractivity contribution in [3.05, 3.63) is 58.9 Å². The number of carbonyl (C=O) groups excluding carboxylic acids is 1. The molecule has 7 heteroatoms. The van der Waals surface area contributed by atoms with Crippen LogP contribution in [-0.4, -0.2) is 35.0 Å². The molecular formula is C20H22ClN5O. The first-order valence-electron chi connectivity index (χ1n) is 9.06. The van der Waals surface area contributed by atoms with Crippen molar-refractivity contribution in [3.63, 3.8) is 0 Å². The summed E-state index contributed by atoms with van der Waals surface area (Å²) >= 11 is 6.03. The fraction of sp³-hybridized carbons (Fsp3) is 0.300. The van der Waals surface area contributed by atoms with Crippen molar-refractivity contribution < 1.29 is 4.79 Å². The lowest BCUT2D eigenvalue weighted by Gasteiger charge is -2.37. The topological polar surface area (TPSA) is 81.8 Å². The van der Waals surface area contributed by atoms with Gasteiger partial charge in [-0.1, -0.05) is 23.7 Å². The second kappa shape index (κ2) is 7.58. The Balaban J connectivity index is 1.39. The fourth-order valence-electron chi connectivity index (χ4n) is 3.49. The first-order chi connectivity index (χ1) is 13.1. The minimum absolute atomic E-state index is 0.136. The number of hydrogen-bond donors (Lipinski definition) is 4. The van der Waals surface area contributed by atoms with E-state index in [0.29, 0.717) is 17.6 Å². The van der Waals surface area contributed by atoms with E-state index in [0.717, 1.165) is 41.1 Å². The minimum atomic E-state index is -0.136. The summed E-state index contributed by atoms with van der Waals surface area (Å²) in [7, 11) is 1.63. The van der Waals surface area contributed by atoms with E-state index in [4.69, 9.17) is 11.6 Å². The first kappa shape index (κ1) is 17.8. The van der Waals surface area contributed by atoms with Gasteiger partial charge in [0.1, 0.15) is 5.65 Å². The molecule has 1 aromatic carbocycles. The SMILES string of the molecule is CNC(=O)c1cnc2[nH]ccc2c1NC1CC(NCc2cccc(Cl)c2)C1. The number of carbonyl (C=O) groups is 1. The predicted molar refractivity (Wildman–Crippen MR) is 108 cm³/mol. The molecule has 2 aromatic heterocycles. The molecule has 0 spiro atoms. The van der Waals surface area contributed by atoms with E-state index in [-0.39, 0.29) is 5.91 Å². The van der Waals surface area contributed by atoms with Crippen LogP contribution >= 0.6 is 11.6 Å². The quantitative estimate of drug-likeness (QED) is 0.526. The number of halogens is 1. The van der Waals surface area contributed by atoms with Crippen molar-refractivity contribution in [2.75, 3.05) is 12.4 Å². The summed E-state index contributed by atoms with van der Waals surface area (Å²) in [6.07, 6.45) is 5.46. The number of rotatable bonds is 6. The molecule has 1 saturated carbocycles. The zero-order valence-electron chi connectivity index (χ0n) is 15.1. The molecule has 1 aliphatic carbocycles. The molecule has 1 amide bonds. The summed E-state index contributed by atoms with van der Waals surface area (Å²) in [5.74, 6) is -0.136. The summed E-state index contributed by atoms with van der Waals surface area (Å²) in [6, 6.07) is 10.6. The Hall–Kier alpha value is -2.57. The third-order valence-electron chi connectivity index (χ3n) is 5.03. The van der Waals surface area contributed by atoms with Crippen LogP contribution in [0.2, 0.25) is 5.02 Å². The van der Waals surface area contributed by atoms with E-state index < -0.39 is 0 Å². The molecule has 0 bridgehead atoms. The Morgan fingerprint density at radius 2 is 2.15 bits per heavy atom. The molecule has 6 nitrogen and oxygen atoms in total. The number of nitrogens with one attached hydrogen (secondary N) is 4. The molecule has 1 fully saturated rings. The van der Waals surface area contributed by atoms with Gasteiger partial charge in [-0.2, -0.15) is 0 Å². The van der Waals surface area contributed by atoms with E-state index in [1.54, 1.807) is 13.2 Å². The number of amides is 1. The van der Waals surface area contributed by atoms with E-state index in [2.05, 4.69) is 32.0 Å². The van der Waals surface area contributed by atoms with Gasteiger partial charge < -0.3 is 20.9 Å². The number of benzene rings is 1. The van der Waals surface area contributed by atoms with Gasteiger partial charge in [-0.15, -0.1) is 0 Å². The number of aromatic nitrogens is 2. The third kappa shape index (κ3) is 3.77. The maximum absolute atomic E-state index is 12.2. The molecule has 1 aliphatic rings. The molecule has 4 rings (SSSR count). The molecule has 3 aromatic rings. The van der Waals surface area contributed by atoms with Gasteiger partial charge in [0.05, 0.1) is 11.3 Å². The summed E-state index contributed by atoms with van der Waals surface area (Å²) in [4.78, 5) is 19.6. The summed E-state index contributed by atoms with van der Waals surface area (Å²) in [6.45, 7) is 0.804. The number of fused-ring (bicyclic) bond motifs is 1. The van der Waals surface area contributed by atoms with Crippen LogP contribution in [0.15, 0.2) is 42.7 Å². The van der Waals surface area contributed by atoms with Crippen LogP contribution in [0, 0.1) is 0 Å². The highest BCUT2D eigenvalue weighted by molar-refractivity contribution is 6.30. The molecule has 27 heavy (non-hydrogen) atoms. The number of aromatic amines is 1. The van der Waals surface area contributed by atoms with Gasteiger partial charge in [0, 0.05) is 48.5 Å². The Bertz CT molecular complexity index is 964. The normalized spacial score (nSPS) is 18.9. The summed E-state index contributed by atoms with van der Waals surface area (Å²) in [5.41, 5.74) is 3.38. The van der Waals surface area contributed by atoms with E-state index >= 15 is 0 Å². The molecule has 4 N–H and O–H groups in total. The Labute approximate surface area is 162 Å². The molecule has 0 radical (unpaired) electrons. The lowest BCUT2D eigenvalue weighted by molar-refractivity contribution is 0.0963. The van der Waals surface area contributed by atoms with Crippen molar-refractivity contribution in [2.24, 2.45) is 0 Å². The molecule has 0 saturated heterocycles. The minimum Gasteiger partial charge on any atom is -0.381 e. The van der Waals surface area contributed by atoms with Gasteiger partial charge in [0.2, 0.25) is 0 Å². The van der Waals surface area contributed by atoms with Crippen LogP contribution in [-0.2, 0) is 6.54 Å². The first-order valence-corrected chi connectivity index (χ1v) is 9.44. The van der Waals surface area contributed by atoms with Gasteiger partial charge >= 0.3 is 0 Å². The van der Waals surface area contributed by atoms with Crippen LogP contribution in [0.5, 0.6) is 0 Å². The second-order valence-electron chi connectivity index (χ2n) is 6.89. The third-order valence-corrected chi connectivity index (χ3v) is 5.26. The van der Waals surface area contributed by atoms with Gasteiger partial charge in [0.25, 0.3) is 5.91 Å².